The molecule has 0 saturated heterocycles. The van der Waals surface area contributed by atoms with Gasteiger partial charge in [-0.3, -0.25) is 0 Å². The molecule has 0 aliphatic rings. The average Bonchev–Trinajstić information content (AvgIpc) is 2.86. The van der Waals surface area contributed by atoms with Gasteiger partial charge in [-0.2, -0.15) is 0 Å². The zero-order chi connectivity index (χ0) is 28.7. The van der Waals surface area contributed by atoms with Crippen LogP contribution >= 0.6 is 34.5 Å². The molecule has 0 unspecified atom stereocenters. The van der Waals surface area contributed by atoms with Crippen LogP contribution in [0.5, 0.6) is 0 Å². The van der Waals surface area contributed by atoms with Crippen molar-refractivity contribution < 1.29 is 80.3 Å². The van der Waals surface area contributed by atoms with E-state index < -0.39 is 111 Å². The molecule has 3 aromatic rings. The maximum absolute atomic E-state index is 14.4. The molecule has 0 atom stereocenters. The van der Waals surface area contributed by atoms with Crippen molar-refractivity contribution in [1.82, 2.24) is 0 Å². The molecular formula is C18Br2F15PPt. The molecule has 206 valence electrons. The second kappa shape index (κ2) is 12.3. The first kappa shape index (κ1) is 31.9. The van der Waals surface area contributed by atoms with E-state index in [1.165, 1.54) is 0 Å². The molecule has 0 nitrogen and oxygen atoms in total. The molecule has 0 fully saturated rings. The van der Waals surface area contributed by atoms with Gasteiger partial charge in [0.15, 0.2) is 69.8 Å². The van der Waals surface area contributed by atoms with E-state index in [2.05, 4.69) is 26.6 Å². The summed E-state index contributed by atoms with van der Waals surface area (Å²) in [6, 6.07) is 0. The van der Waals surface area contributed by atoms with Crippen molar-refractivity contribution in [1.29, 1.82) is 0 Å². The quantitative estimate of drug-likeness (QED) is 0.113. The third-order valence-corrected chi connectivity index (χ3v) is 6.75. The van der Waals surface area contributed by atoms with Gasteiger partial charge in [-0.15, -0.1) is 0 Å². The normalized spacial score (nSPS) is 11.3. The first-order valence-corrected chi connectivity index (χ1v) is 19.5. The maximum atomic E-state index is 14.4. The Kier molecular flexibility index (Phi) is 10.6. The van der Waals surface area contributed by atoms with E-state index in [1.54, 1.807) is 0 Å². The Labute approximate surface area is 217 Å². The molecule has 0 heterocycles. The summed E-state index contributed by atoms with van der Waals surface area (Å²) in [5.74, 6) is -44.9. The third-order valence-electron chi connectivity index (χ3n) is 4.23. The molecule has 0 bridgehead atoms. The van der Waals surface area contributed by atoms with Crippen molar-refractivity contribution in [3.63, 3.8) is 0 Å². The fourth-order valence-corrected chi connectivity index (χ4v) is 5.14. The molecule has 0 saturated carbocycles. The zero-order valence-corrected chi connectivity index (χ0v) is 22.5. The Bertz CT molecular complexity index is 1150. The fourth-order valence-electron chi connectivity index (χ4n) is 2.70. The molecule has 0 amide bonds. The van der Waals surface area contributed by atoms with Crippen molar-refractivity contribution in [3.05, 3.63) is 87.3 Å². The number of hydrogen-bond donors (Lipinski definition) is 0. The zero-order valence-electron chi connectivity index (χ0n) is 16.2. The second-order valence-electron chi connectivity index (χ2n) is 6.14. The van der Waals surface area contributed by atoms with Crippen LogP contribution in [0.25, 0.3) is 0 Å². The van der Waals surface area contributed by atoms with E-state index in [4.69, 9.17) is 0 Å². The van der Waals surface area contributed by atoms with Crippen LogP contribution in [0.15, 0.2) is 0 Å². The van der Waals surface area contributed by atoms with Crippen molar-refractivity contribution in [2.24, 2.45) is 0 Å². The summed E-state index contributed by atoms with van der Waals surface area (Å²) in [4.78, 5) is 0. The Hall–Kier alpha value is -1.31. The molecule has 0 N–H and O–H groups in total. The van der Waals surface area contributed by atoms with E-state index in [0.29, 0.717) is 0 Å². The summed E-state index contributed by atoms with van der Waals surface area (Å²) in [6.45, 7) is 0. The Balaban J connectivity index is 0.00000153. The molecule has 0 spiro atoms. The fraction of sp³-hybridized carbons (Fsp3) is 0. The van der Waals surface area contributed by atoms with E-state index in [-0.39, 0.29) is 14.5 Å². The molecule has 37 heavy (non-hydrogen) atoms. The second-order valence-corrected chi connectivity index (χ2v) is 18.1. The van der Waals surface area contributed by atoms with Crippen molar-refractivity contribution in [2.45, 2.75) is 0 Å². The summed E-state index contributed by atoms with van der Waals surface area (Å²) in [6.07, 6.45) is 0. The Morgan fingerprint density at radius 2 is 0.405 bits per heavy atom. The van der Waals surface area contributed by atoms with Gasteiger partial charge >= 0.3 is 41.0 Å². The van der Waals surface area contributed by atoms with Crippen LogP contribution in [-0.4, -0.2) is 0 Å². The van der Waals surface area contributed by atoms with Crippen LogP contribution in [0.2, 0.25) is 0 Å². The molecule has 0 radical (unpaired) electrons. The van der Waals surface area contributed by atoms with Gasteiger partial charge in [0.25, 0.3) is 0 Å². The molecule has 0 aliphatic carbocycles. The summed E-state index contributed by atoms with van der Waals surface area (Å²) < 4.78 is 209. The van der Waals surface area contributed by atoms with Gasteiger partial charge in [0.2, 0.25) is 17.5 Å². The van der Waals surface area contributed by atoms with Crippen LogP contribution < -0.4 is 15.9 Å². The predicted molar refractivity (Wildman–Crippen MR) is 102 cm³/mol. The molecule has 0 aromatic heterocycles. The molecular weight excluding hydrogens is 887 g/mol. The Morgan fingerprint density at radius 3 is 0.541 bits per heavy atom. The summed E-state index contributed by atoms with van der Waals surface area (Å²) in [5.41, 5.74) is 0. The van der Waals surface area contributed by atoms with E-state index in [1.807, 2.05) is 0 Å². The van der Waals surface area contributed by atoms with Crippen LogP contribution in [0.3, 0.4) is 0 Å². The minimum atomic E-state index is -4.90. The van der Waals surface area contributed by atoms with Gasteiger partial charge in [0.05, 0.1) is 15.9 Å². The first-order valence-electron chi connectivity index (χ1n) is 8.24. The number of rotatable bonds is 3. The van der Waals surface area contributed by atoms with Gasteiger partial charge in [0.1, 0.15) is 0 Å². The van der Waals surface area contributed by atoms with Crippen LogP contribution in [-0.2, 0) is 14.5 Å². The van der Waals surface area contributed by atoms with E-state index in [0.717, 1.165) is 0 Å². The monoisotopic (exact) mass is 885 g/mol. The topological polar surface area (TPSA) is 0 Å². The van der Waals surface area contributed by atoms with Gasteiger partial charge in [0, 0.05) is 7.92 Å². The number of benzene rings is 3. The van der Waals surface area contributed by atoms with E-state index >= 15 is 0 Å². The molecule has 3 rings (SSSR count). The van der Waals surface area contributed by atoms with Crippen LogP contribution in [0, 0.1) is 87.3 Å². The first-order chi connectivity index (χ1) is 17.1. The summed E-state index contributed by atoms with van der Waals surface area (Å²) in [7, 11) is -4.90. The van der Waals surface area contributed by atoms with Crippen LogP contribution in [0.1, 0.15) is 0 Å². The van der Waals surface area contributed by atoms with Crippen molar-refractivity contribution in [3.8, 4) is 0 Å². The molecule has 3 aromatic carbocycles. The predicted octanol–water partition coefficient (Wildman–Crippen LogP) is 7.22. The SMILES string of the molecule is Fc1c(F)c(F)c(P(c2c(F)c(F)c(F)c(F)c2F)c2c(F)c(F)c(F)c(F)c2F)c(F)c1F.[Br][Pt][Br]. The van der Waals surface area contributed by atoms with Crippen molar-refractivity contribution >= 4 is 50.4 Å². The van der Waals surface area contributed by atoms with Gasteiger partial charge in [-0.25, -0.2) is 65.9 Å². The standard InChI is InChI=1S/C18F15P.2BrH.Pt/c19-1-4(22)10(28)16(11(29)5(1)23)34(17-12(30)6(24)2(20)7(25)13(17)31)18-14(32)8(26)3(21)9(27)15(18)33;;;/h;2*1H;/q;;;+2/p-2. The molecule has 0 aliphatic heterocycles. The van der Waals surface area contributed by atoms with E-state index in [9.17, 15) is 65.9 Å². The Morgan fingerprint density at radius 1 is 0.297 bits per heavy atom. The number of halogens is 17. The van der Waals surface area contributed by atoms with Gasteiger partial charge in [-0.1, -0.05) is 0 Å². The average molecular weight is 887 g/mol. The summed E-state index contributed by atoms with van der Waals surface area (Å²) in [5, 5.41) is -7.84. The van der Waals surface area contributed by atoms with Crippen LogP contribution in [0.4, 0.5) is 65.9 Å². The molecule has 19 heteroatoms. The van der Waals surface area contributed by atoms with Gasteiger partial charge in [-0.05, 0) is 0 Å². The number of hydrogen-bond acceptors (Lipinski definition) is 0. The summed E-state index contributed by atoms with van der Waals surface area (Å²) >= 11 is 6.56. The van der Waals surface area contributed by atoms with Crippen molar-refractivity contribution in [2.75, 3.05) is 0 Å². The third kappa shape index (κ3) is 5.42. The van der Waals surface area contributed by atoms with Gasteiger partial charge < -0.3 is 0 Å². The minimum absolute atomic E-state index is 0.208.